The Hall–Kier alpha value is -1.53. The lowest BCUT2D eigenvalue weighted by Crippen LogP contribution is -2.41. The summed E-state index contributed by atoms with van der Waals surface area (Å²) >= 11 is 0. The lowest BCUT2D eigenvalue weighted by molar-refractivity contribution is -0.000762. The van der Waals surface area contributed by atoms with Crippen LogP contribution in [0.3, 0.4) is 0 Å². The first-order valence-corrected chi connectivity index (χ1v) is 6.99. The van der Waals surface area contributed by atoms with Crippen molar-refractivity contribution < 1.29 is 5.11 Å². The molecule has 1 aliphatic rings. The van der Waals surface area contributed by atoms with Gasteiger partial charge < -0.3 is 10.4 Å². The maximum atomic E-state index is 10.6. The van der Waals surface area contributed by atoms with Gasteiger partial charge >= 0.3 is 0 Å². The van der Waals surface area contributed by atoms with Gasteiger partial charge in [0.05, 0.1) is 17.2 Å². The van der Waals surface area contributed by atoms with Crippen molar-refractivity contribution in [2.75, 3.05) is 11.9 Å². The molecule has 1 aliphatic carbocycles. The quantitative estimate of drug-likeness (QED) is 0.875. The van der Waals surface area contributed by atoms with Crippen LogP contribution in [-0.2, 0) is 0 Å². The third-order valence-electron chi connectivity index (χ3n) is 4.04. The van der Waals surface area contributed by atoms with E-state index >= 15 is 0 Å². The normalized spacial score (nSPS) is 26.7. The molecule has 1 aromatic rings. The highest BCUT2D eigenvalue weighted by Gasteiger charge is 2.32. The van der Waals surface area contributed by atoms with Crippen LogP contribution in [-0.4, -0.2) is 17.3 Å². The molecule has 0 aromatic heterocycles. The number of aryl methyl sites for hydroxylation is 1. The minimum Gasteiger partial charge on any atom is -0.388 e. The molecule has 1 aromatic carbocycles. The van der Waals surface area contributed by atoms with Crippen LogP contribution in [0, 0.1) is 24.2 Å². The zero-order chi connectivity index (χ0) is 13.9. The largest absolute Gasteiger partial charge is 0.388 e. The van der Waals surface area contributed by atoms with Gasteiger partial charge in [-0.3, -0.25) is 0 Å². The van der Waals surface area contributed by atoms with Crippen molar-refractivity contribution in [1.82, 2.24) is 0 Å². The number of nitriles is 1. The van der Waals surface area contributed by atoms with E-state index in [1.165, 1.54) is 6.42 Å². The van der Waals surface area contributed by atoms with Gasteiger partial charge in [-0.25, -0.2) is 0 Å². The molecular weight excluding hydrogens is 236 g/mol. The van der Waals surface area contributed by atoms with Crippen molar-refractivity contribution in [1.29, 1.82) is 5.26 Å². The van der Waals surface area contributed by atoms with Crippen LogP contribution in [0.1, 0.15) is 43.7 Å². The summed E-state index contributed by atoms with van der Waals surface area (Å²) in [5, 5.41) is 22.8. The molecule has 0 aliphatic heterocycles. The maximum absolute atomic E-state index is 10.6. The van der Waals surface area contributed by atoms with E-state index in [0.29, 0.717) is 18.0 Å². The Labute approximate surface area is 115 Å². The highest BCUT2D eigenvalue weighted by Crippen LogP contribution is 2.32. The summed E-state index contributed by atoms with van der Waals surface area (Å²) in [4.78, 5) is 0. The van der Waals surface area contributed by atoms with Crippen LogP contribution in [0.2, 0.25) is 0 Å². The summed E-state index contributed by atoms with van der Waals surface area (Å²) < 4.78 is 0. The number of nitrogens with one attached hydrogen (secondary N) is 1. The number of hydrogen-bond donors (Lipinski definition) is 2. The number of nitrogens with zero attached hydrogens (tertiary/aromatic N) is 1. The van der Waals surface area contributed by atoms with E-state index in [-0.39, 0.29) is 0 Å². The smallest absolute Gasteiger partial charge is 0.0994 e. The van der Waals surface area contributed by atoms with Crippen LogP contribution >= 0.6 is 0 Å². The zero-order valence-electron chi connectivity index (χ0n) is 11.7. The van der Waals surface area contributed by atoms with E-state index in [2.05, 4.69) is 18.3 Å². The van der Waals surface area contributed by atoms with Crippen LogP contribution < -0.4 is 5.32 Å². The molecule has 2 unspecified atom stereocenters. The summed E-state index contributed by atoms with van der Waals surface area (Å²) in [7, 11) is 0. The van der Waals surface area contributed by atoms with Gasteiger partial charge in [0.1, 0.15) is 0 Å². The third kappa shape index (κ3) is 3.48. The van der Waals surface area contributed by atoms with Crippen molar-refractivity contribution >= 4 is 5.69 Å². The van der Waals surface area contributed by atoms with Gasteiger partial charge in [0.15, 0.2) is 0 Å². The number of hydrogen-bond acceptors (Lipinski definition) is 3. The van der Waals surface area contributed by atoms with Gasteiger partial charge in [0.25, 0.3) is 0 Å². The fraction of sp³-hybridized carbons (Fsp3) is 0.562. The van der Waals surface area contributed by atoms with E-state index in [4.69, 9.17) is 5.26 Å². The summed E-state index contributed by atoms with van der Waals surface area (Å²) in [6.07, 6.45) is 4.07. The van der Waals surface area contributed by atoms with Crippen molar-refractivity contribution in [3.63, 3.8) is 0 Å². The molecule has 2 rings (SSSR count). The second-order valence-electron chi connectivity index (χ2n) is 5.92. The Morgan fingerprint density at radius 1 is 1.53 bits per heavy atom. The van der Waals surface area contributed by atoms with Crippen LogP contribution in [0.4, 0.5) is 5.69 Å². The first-order chi connectivity index (χ1) is 9.02. The van der Waals surface area contributed by atoms with Gasteiger partial charge in [-0.1, -0.05) is 19.8 Å². The zero-order valence-corrected chi connectivity index (χ0v) is 11.7. The molecule has 3 nitrogen and oxygen atoms in total. The number of benzene rings is 1. The van der Waals surface area contributed by atoms with Gasteiger partial charge in [-0.2, -0.15) is 5.26 Å². The topological polar surface area (TPSA) is 56.0 Å². The van der Waals surface area contributed by atoms with E-state index in [1.807, 2.05) is 25.1 Å². The van der Waals surface area contributed by atoms with E-state index in [1.54, 1.807) is 0 Å². The molecule has 0 radical (unpaired) electrons. The lowest BCUT2D eigenvalue weighted by atomic mass is 9.79. The fourth-order valence-electron chi connectivity index (χ4n) is 2.96. The Bertz CT molecular complexity index is 492. The minimum absolute atomic E-state index is 0.584. The molecule has 0 spiro atoms. The van der Waals surface area contributed by atoms with Crippen LogP contribution in [0.5, 0.6) is 0 Å². The standard InChI is InChI=1S/C16H22N2O/c1-12-4-3-7-16(19,9-12)11-18-15-6-5-14(10-17)13(2)8-15/h5-6,8,12,18-19H,3-4,7,9,11H2,1-2H3. The van der Waals surface area contributed by atoms with Gasteiger partial charge in [0, 0.05) is 12.2 Å². The first-order valence-electron chi connectivity index (χ1n) is 6.99. The Morgan fingerprint density at radius 2 is 2.32 bits per heavy atom. The van der Waals surface area contributed by atoms with Crippen molar-refractivity contribution in [2.24, 2.45) is 5.92 Å². The van der Waals surface area contributed by atoms with Gasteiger partial charge in [-0.05, 0) is 49.4 Å². The monoisotopic (exact) mass is 258 g/mol. The van der Waals surface area contributed by atoms with E-state index in [9.17, 15) is 5.11 Å². The predicted molar refractivity (Wildman–Crippen MR) is 77.0 cm³/mol. The van der Waals surface area contributed by atoms with E-state index < -0.39 is 5.60 Å². The third-order valence-corrected chi connectivity index (χ3v) is 4.04. The minimum atomic E-state index is -0.584. The highest BCUT2D eigenvalue weighted by molar-refractivity contribution is 5.51. The van der Waals surface area contributed by atoms with Crippen molar-refractivity contribution in [3.05, 3.63) is 29.3 Å². The molecule has 2 atom stereocenters. The first kappa shape index (κ1) is 13.9. The molecule has 3 heteroatoms. The second kappa shape index (κ2) is 5.63. The van der Waals surface area contributed by atoms with Crippen LogP contribution in [0.15, 0.2) is 18.2 Å². The molecule has 1 fully saturated rings. The molecule has 0 heterocycles. The molecule has 2 N–H and O–H groups in total. The molecule has 1 saturated carbocycles. The lowest BCUT2D eigenvalue weighted by Gasteiger charge is -2.35. The summed E-state index contributed by atoms with van der Waals surface area (Å²) in [5.41, 5.74) is 2.06. The predicted octanol–water partition coefficient (Wildman–Crippen LogP) is 3.22. The number of anilines is 1. The number of rotatable bonds is 3. The Morgan fingerprint density at radius 3 is 2.95 bits per heavy atom. The molecule has 0 amide bonds. The van der Waals surface area contributed by atoms with Crippen molar-refractivity contribution in [3.8, 4) is 6.07 Å². The molecular formula is C16H22N2O. The second-order valence-corrected chi connectivity index (χ2v) is 5.92. The summed E-state index contributed by atoms with van der Waals surface area (Å²) in [6, 6.07) is 7.86. The molecule has 102 valence electrons. The summed E-state index contributed by atoms with van der Waals surface area (Å²) in [5.74, 6) is 0.600. The summed E-state index contributed by atoms with van der Waals surface area (Å²) in [6.45, 7) is 4.72. The van der Waals surface area contributed by atoms with Crippen LogP contribution in [0.25, 0.3) is 0 Å². The van der Waals surface area contributed by atoms with E-state index in [0.717, 1.165) is 30.5 Å². The van der Waals surface area contributed by atoms with Gasteiger partial charge in [0.2, 0.25) is 0 Å². The molecule has 19 heavy (non-hydrogen) atoms. The Kier molecular flexibility index (Phi) is 4.11. The highest BCUT2D eigenvalue weighted by atomic mass is 16.3. The average molecular weight is 258 g/mol. The number of aliphatic hydroxyl groups is 1. The van der Waals surface area contributed by atoms with Gasteiger partial charge in [-0.15, -0.1) is 0 Å². The fourth-order valence-corrected chi connectivity index (χ4v) is 2.96. The van der Waals surface area contributed by atoms with Crippen molar-refractivity contribution in [2.45, 2.75) is 45.1 Å². The Balaban J connectivity index is 1.99. The molecule has 0 bridgehead atoms. The average Bonchev–Trinajstić information content (AvgIpc) is 2.36. The maximum Gasteiger partial charge on any atom is 0.0994 e. The SMILES string of the molecule is Cc1cc(NCC2(O)CCCC(C)C2)ccc1C#N. The molecule has 0 saturated heterocycles.